The Morgan fingerprint density at radius 2 is 1.96 bits per heavy atom. The van der Waals surface area contributed by atoms with Gasteiger partial charge in [0, 0.05) is 6.04 Å². The molecule has 3 rings (SSSR count). The Morgan fingerprint density at radius 1 is 1.22 bits per heavy atom. The molecule has 0 unspecified atom stereocenters. The van der Waals surface area contributed by atoms with Crippen LogP contribution in [0.15, 0.2) is 18.2 Å². The Balaban J connectivity index is 1.82. The van der Waals surface area contributed by atoms with E-state index in [1.807, 2.05) is 25.2 Å². The molecule has 124 valence electrons. The van der Waals surface area contributed by atoms with E-state index in [1.165, 1.54) is 12.8 Å². The van der Waals surface area contributed by atoms with E-state index in [1.54, 1.807) is 7.11 Å². The topological polar surface area (TPSA) is 54.3 Å². The number of nitrogens with one attached hydrogen (secondary N) is 1. The minimum absolute atomic E-state index is 0.392. The first kappa shape index (κ1) is 16.1. The van der Waals surface area contributed by atoms with Crippen LogP contribution in [0.25, 0.3) is 0 Å². The smallest absolute Gasteiger partial charge is 0.161 e. The molecule has 0 aromatic heterocycles. The highest BCUT2D eigenvalue weighted by molar-refractivity contribution is 5.47. The molecule has 1 aromatic carbocycles. The van der Waals surface area contributed by atoms with Gasteiger partial charge in [-0.3, -0.25) is 0 Å². The van der Waals surface area contributed by atoms with Crippen molar-refractivity contribution in [3.8, 4) is 17.6 Å². The van der Waals surface area contributed by atoms with Crippen molar-refractivity contribution in [2.24, 2.45) is 5.92 Å². The SMILES string of the molecule is CNC1CCC(C#N)(c2ccc(OC)c(OCC3CC3)c2)CC1. The minimum atomic E-state index is -0.392. The first-order chi connectivity index (χ1) is 11.2. The van der Waals surface area contributed by atoms with E-state index in [0.717, 1.165) is 49.4 Å². The van der Waals surface area contributed by atoms with Gasteiger partial charge < -0.3 is 14.8 Å². The highest BCUT2D eigenvalue weighted by Gasteiger charge is 2.37. The molecule has 0 spiro atoms. The summed E-state index contributed by atoms with van der Waals surface area (Å²) in [6, 6.07) is 9.13. The molecule has 4 heteroatoms. The first-order valence-corrected chi connectivity index (χ1v) is 8.60. The average Bonchev–Trinajstić information content (AvgIpc) is 3.44. The van der Waals surface area contributed by atoms with Gasteiger partial charge in [-0.05, 0) is 69.2 Å². The number of methoxy groups -OCH3 is 1. The molecule has 4 nitrogen and oxygen atoms in total. The van der Waals surface area contributed by atoms with Crippen molar-refractivity contribution in [1.29, 1.82) is 5.26 Å². The Morgan fingerprint density at radius 3 is 2.52 bits per heavy atom. The van der Waals surface area contributed by atoms with Gasteiger partial charge in [0.05, 0.1) is 25.2 Å². The number of rotatable bonds is 6. The summed E-state index contributed by atoms with van der Waals surface area (Å²) in [7, 11) is 3.67. The van der Waals surface area contributed by atoms with Crippen LogP contribution in [-0.4, -0.2) is 26.8 Å². The number of hydrogen-bond acceptors (Lipinski definition) is 4. The number of ether oxygens (including phenoxy) is 2. The lowest BCUT2D eigenvalue weighted by Crippen LogP contribution is -2.37. The Labute approximate surface area is 138 Å². The summed E-state index contributed by atoms with van der Waals surface area (Å²) in [5, 5.41) is 13.2. The van der Waals surface area contributed by atoms with Gasteiger partial charge in [-0.25, -0.2) is 0 Å². The molecule has 0 aliphatic heterocycles. The van der Waals surface area contributed by atoms with Gasteiger partial charge in [-0.2, -0.15) is 5.26 Å². The van der Waals surface area contributed by atoms with Crippen LogP contribution in [0.4, 0.5) is 0 Å². The van der Waals surface area contributed by atoms with Crippen molar-refractivity contribution in [3.63, 3.8) is 0 Å². The summed E-state index contributed by atoms with van der Waals surface area (Å²) < 4.78 is 11.4. The van der Waals surface area contributed by atoms with Crippen LogP contribution < -0.4 is 14.8 Å². The standard InChI is InChI=1S/C19H26N2O2/c1-21-16-7-9-19(13-20,10-8-16)15-5-6-17(22-2)18(11-15)23-12-14-3-4-14/h5-6,11,14,16,21H,3-4,7-10,12H2,1-2H3. The molecule has 0 bridgehead atoms. The van der Waals surface area contributed by atoms with Crippen molar-refractivity contribution in [2.75, 3.05) is 20.8 Å². The molecule has 1 aromatic rings. The van der Waals surface area contributed by atoms with Crippen LogP contribution >= 0.6 is 0 Å². The fraction of sp³-hybridized carbons (Fsp3) is 0.632. The summed E-state index contributed by atoms with van der Waals surface area (Å²) in [6.45, 7) is 0.751. The molecule has 0 radical (unpaired) electrons. The van der Waals surface area contributed by atoms with Crippen LogP contribution in [0.1, 0.15) is 44.1 Å². The monoisotopic (exact) mass is 314 g/mol. The maximum absolute atomic E-state index is 9.86. The Bertz CT molecular complexity index is 582. The second-order valence-electron chi connectivity index (χ2n) is 6.88. The van der Waals surface area contributed by atoms with E-state index in [4.69, 9.17) is 9.47 Å². The van der Waals surface area contributed by atoms with Gasteiger partial charge in [-0.15, -0.1) is 0 Å². The molecule has 0 saturated heterocycles. The van der Waals surface area contributed by atoms with Crippen molar-refractivity contribution >= 4 is 0 Å². The minimum Gasteiger partial charge on any atom is -0.493 e. The second kappa shape index (κ2) is 6.80. The zero-order valence-corrected chi connectivity index (χ0v) is 14.1. The van der Waals surface area contributed by atoms with Crippen molar-refractivity contribution in [2.45, 2.75) is 50.0 Å². The summed E-state index contributed by atoms with van der Waals surface area (Å²) in [5.74, 6) is 2.23. The van der Waals surface area contributed by atoms with E-state index >= 15 is 0 Å². The molecule has 0 heterocycles. The molecule has 23 heavy (non-hydrogen) atoms. The van der Waals surface area contributed by atoms with E-state index in [0.29, 0.717) is 12.0 Å². The van der Waals surface area contributed by atoms with Crippen molar-refractivity contribution < 1.29 is 9.47 Å². The third-order valence-corrected chi connectivity index (χ3v) is 5.35. The highest BCUT2D eigenvalue weighted by Crippen LogP contribution is 2.42. The Hall–Kier alpha value is -1.73. The van der Waals surface area contributed by atoms with Crippen LogP contribution in [0.5, 0.6) is 11.5 Å². The highest BCUT2D eigenvalue weighted by atomic mass is 16.5. The molecular formula is C19H26N2O2. The van der Waals surface area contributed by atoms with Gasteiger partial charge in [0.25, 0.3) is 0 Å². The molecule has 0 atom stereocenters. The van der Waals surface area contributed by atoms with E-state index < -0.39 is 5.41 Å². The van der Waals surface area contributed by atoms with Gasteiger partial charge >= 0.3 is 0 Å². The number of nitriles is 1. The van der Waals surface area contributed by atoms with E-state index in [-0.39, 0.29) is 0 Å². The fourth-order valence-corrected chi connectivity index (χ4v) is 3.44. The predicted octanol–water partition coefficient (Wildman–Crippen LogP) is 3.41. The molecular weight excluding hydrogens is 288 g/mol. The summed E-state index contributed by atoms with van der Waals surface area (Å²) >= 11 is 0. The lowest BCUT2D eigenvalue weighted by molar-refractivity contribution is 0.276. The fourth-order valence-electron chi connectivity index (χ4n) is 3.44. The van der Waals surface area contributed by atoms with Gasteiger partial charge in [0.15, 0.2) is 11.5 Å². The van der Waals surface area contributed by atoms with E-state index in [2.05, 4.69) is 11.4 Å². The van der Waals surface area contributed by atoms with Gasteiger partial charge in [0.2, 0.25) is 0 Å². The van der Waals surface area contributed by atoms with Crippen LogP contribution in [0.3, 0.4) is 0 Å². The van der Waals surface area contributed by atoms with E-state index in [9.17, 15) is 5.26 Å². The van der Waals surface area contributed by atoms with Crippen LogP contribution in [-0.2, 0) is 5.41 Å². The predicted molar refractivity (Wildman–Crippen MR) is 89.8 cm³/mol. The van der Waals surface area contributed by atoms with Crippen molar-refractivity contribution in [3.05, 3.63) is 23.8 Å². The third-order valence-electron chi connectivity index (χ3n) is 5.35. The van der Waals surface area contributed by atoms with Gasteiger partial charge in [-0.1, -0.05) is 6.07 Å². The summed E-state index contributed by atoms with van der Waals surface area (Å²) in [5.41, 5.74) is 0.679. The molecule has 2 fully saturated rings. The summed E-state index contributed by atoms with van der Waals surface area (Å²) in [4.78, 5) is 0. The molecule has 1 N–H and O–H groups in total. The van der Waals surface area contributed by atoms with Gasteiger partial charge in [0.1, 0.15) is 0 Å². The van der Waals surface area contributed by atoms with Crippen LogP contribution in [0, 0.1) is 17.2 Å². The molecule has 2 saturated carbocycles. The maximum atomic E-state index is 9.86. The molecule has 2 aliphatic carbocycles. The Kier molecular flexibility index (Phi) is 4.77. The maximum Gasteiger partial charge on any atom is 0.161 e. The van der Waals surface area contributed by atoms with Crippen LogP contribution in [0.2, 0.25) is 0 Å². The zero-order valence-electron chi connectivity index (χ0n) is 14.1. The van der Waals surface area contributed by atoms with Crippen molar-refractivity contribution in [1.82, 2.24) is 5.32 Å². The number of nitrogens with zero attached hydrogens (tertiary/aromatic N) is 1. The number of benzene rings is 1. The first-order valence-electron chi connectivity index (χ1n) is 8.60. The normalized spacial score (nSPS) is 27.3. The molecule has 2 aliphatic rings. The lowest BCUT2D eigenvalue weighted by atomic mass is 9.69. The second-order valence-corrected chi connectivity index (χ2v) is 6.88. The lowest BCUT2D eigenvalue weighted by Gasteiger charge is -2.35. The molecule has 0 amide bonds. The zero-order chi connectivity index (χ0) is 16.3. The average molecular weight is 314 g/mol. The largest absolute Gasteiger partial charge is 0.493 e. The summed E-state index contributed by atoms with van der Waals surface area (Å²) in [6.07, 6.45) is 6.38. The quantitative estimate of drug-likeness (QED) is 0.874. The number of hydrogen-bond donors (Lipinski definition) is 1. The third kappa shape index (κ3) is 3.45.